The lowest BCUT2D eigenvalue weighted by atomic mass is 10.0. The molecule has 4 heteroatoms. The van der Waals surface area contributed by atoms with E-state index >= 15 is 0 Å². The molecule has 1 atom stereocenters. The molecule has 1 aromatic heterocycles. The molecule has 0 spiro atoms. The van der Waals surface area contributed by atoms with Gasteiger partial charge in [0, 0.05) is 24.0 Å². The van der Waals surface area contributed by atoms with Gasteiger partial charge < -0.3 is 10.2 Å². The van der Waals surface area contributed by atoms with Crippen molar-refractivity contribution in [3.05, 3.63) is 10.6 Å². The molecule has 108 valence electrons. The lowest BCUT2D eigenvalue weighted by molar-refractivity contribution is 0.422. The first-order valence-electron chi connectivity index (χ1n) is 7.49. The van der Waals surface area contributed by atoms with Gasteiger partial charge in [0.25, 0.3) is 0 Å². The molecule has 1 N–H and O–H groups in total. The topological polar surface area (TPSA) is 28.2 Å². The van der Waals surface area contributed by atoms with Crippen LogP contribution in [0.1, 0.15) is 43.7 Å². The smallest absolute Gasteiger partial charge is 0.186 e. The Morgan fingerprint density at radius 1 is 1.37 bits per heavy atom. The molecular weight excluding hydrogens is 254 g/mol. The molecule has 2 rings (SSSR count). The number of hydrogen-bond acceptors (Lipinski definition) is 4. The predicted molar refractivity (Wildman–Crippen MR) is 84.3 cm³/mol. The van der Waals surface area contributed by atoms with Crippen molar-refractivity contribution in [3.8, 4) is 0 Å². The van der Waals surface area contributed by atoms with Crippen LogP contribution >= 0.6 is 11.3 Å². The summed E-state index contributed by atoms with van der Waals surface area (Å²) in [5.74, 6) is 0.724. The zero-order chi connectivity index (χ0) is 13.8. The Morgan fingerprint density at radius 2 is 2.16 bits per heavy atom. The average Bonchev–Trinajstić information content (AvgIpc) is 2.70. The number of aryl methyl sites for hydroxylation is 2. The lowest BCUT2D eigenvalue weighted by Crippen LogP contribution is -2.46. The van der Waals surface area contributed by atoms with E-state index in [0.717, 1.165) is 19.0 Å². The molecule has 1 aliphatic rings. The van der Waals surface area contributed by atoms with Gasteiger partial charge in [0.2, 0.25) is 0 Å². The second kappa shape index (κ2) is 6.71. The molecule has 1 unspecified atom stereocenters. The highest BCUT2D eigenvalue weighted by Gasteiger charge is 2.24. The predicted octanol–water partition coefficient (Wildman–Crippen LogP) is 3.36. The molecule has 0 saturated carbocycles. The summed E-state index contributed by atoms with van der Waals surface area (Å²) in [7, 11) is 0. The van der Waals surface area contributed by atoms with E-state index in [-0.39, 0.29) is 0 Å². The van der Waals surface area contributed by atoms with Crippen molar-refractivity contribution in [3.63, 3.8) is 0 Å². The van der Waals surface area contributed by atoms with E-state index in [9.17, 15) is 0 Å². The molecule has 3 nitrogen and oxygen atoms in total. The van der Waals surface area contributed by atoms with Crippen LogP contribution in [0.4, 0.5) is 5.13 Å². The highest BCUT2D eigenvalue weighted by molar-refractivity contribution is 7.15. The van der Waals surface area contributed by atoms with Crippen LogP contribution in [-0.2, 0) is 0 Å². The van der Waals surface area contributed by atoms with Crippen molar-refractivity contribution < 1.29 is 0 Å². The zero-order valence-electron chi connectivity index (χ0n) is 12.7. The minimum atomic E-state index is 0.623. The summed E-state index contributed by atoms with van der Waals surface area (Å²) in [5, 5.41) is 4.84. The van der Waals surface area contributed by atoms with Crippen molar-refractivity contribution >= 4 is 16.5 Å². The van der Waals surface area contributed by atoms with Gasteiger partial charge in [0.1, 0.15) is 0 Å². The molecule has 1 aromatic rings. The van der Waals surface area contributed by atoms with E-state index in [1.54, 1.807) is 0 Å². The van der Waals surface area contributed by atoms with E-state index in [2.05, 4.69) is 37.9 Å². The quantitative estimate of drug-likeness (QED) is 0.897. The van der Waals surface area contributed by atoms with Crippen LogP contribution in [0.5, 0.6) is 0 Å². The molecule has 0 amide bonds. The van der Waals surface area contributed by atoms with E-state index in [1.165, 1.54) is 41.5 Å². The minimum absolute atomic E-state index is 0.623. The zero-order valence-corrected chi connectivity index (χ0v) is 13.5. The Labute approximate surface area is 121 Å². The highest BCUT2D eigenvalue weighted by atomic mass is 32.1. The molecule has 19 heavy (non-hydrogen) atoms. The summed E-state index contributed by atoms with van der Waals surface area (Å²) in [5.41, 5.74) is 1.19. The first kappa shape index (κ1) is 14.8. The monoisotopic (exact) mass is 281 g/mol. The Bertz CT molecular complexity index is 381. The van der Waals surface area contributed by atoms with E-state index < -0.39 is 0 Å². The van der Waals surface area contributed by atoms with E-state index in [0.29, 0.717) is 6.04 Å². The number of nitrogens with zero attached hydrogens (tertiary/aromatic N) is 2. The number of aromatic nitrogens is 1. The number of piperidine rings is 1. The molecule has 0 radical (unpaired) electrons. The number of hydrogen-bond donors (Lipinski definition) is 1. The van der Waals surface area contributed by atoms with Gasteiger partial charge in [0.15, 0.2) is 5.13 Å². The van der Waals surface area contributed by atoms with Crippen LogP contribution in [0.25, 0.3) is 0 Å². The Morgan fingerprint density at radius 3 is 2.79 bits per heavy atom. The third-order valence-electron chi connectivity index (χ3n) is 3.82. The van der Waals surface area contributed by atoms with Crippen LogP contribution in [-0.4, -0.2) is 30.7 Å². The van der Waals surface area contributed by atoms with Gasteiger partial charge in [-0.3, -0.25) is 0 Å². The van der Waals surface area contributed by atoms with Gasteiger partial charge in [-0.15, -0.1) is 11.3 Å². The molecule has 1 aliphatic heterocycles. The summed E-state index contributed by atoms with van der Waals surface area (Å²) in [4.78, 5) is 8.63. The molecule has 2 heterocycles. The molecule has 1 saturated heterocycles. The van der Waals surface area contributed by atoms with Crippen molar-refractivity contribution in [2.45, 2.75) is 53.0 Å². The fourth-order valence-electron chi connectivity index (χ4n) is 2.58. The van der Waals surface area contributed by atoms with E-state index in [4.69, 9.17) is 4.98 Å². The van der Waals surface area contributed by atoms with Crippen LogP contribution in [0.2, 0.25) is 0 Å². The summed E-state index contributed by atoms with van der Waals surface area (Å²) in [6.07, 6.45) is 3.95. The second-order valence-electron chi connectivity index (χ2n) is 6.03. The summed E-state index contributed by atoms with van der Waals surface area (Å²) in [6.45, 7) is 12.2. The fourth-order valence-corrected chi connectivity index (χ4v) is 3.59. The van der Waals surface area contributed by atoms with Crippen LogP contribution in [0, 0.1) is 19.8 Å². The van der Waals surface area contributed by atoms with Crippen molar-refractivity contribution in [1.29, 1.82) is 0 Å². The number of anilines is 1. The Balaban J connectivity index is 1.99. The maximum Gasteiger partial charge on any atom is 0.186 e. The number of rotatable bonds is 5. The molecule has 0 aliphatic carbocycles. The van der Waals surface area contributed by atoms with Crippen molar-refractivity contribution in [2.24, 2.45) is 5.92 Å². The van der Waals surface area contributed by atoms with Gasteiger partial charge in [-0.25, -0.2) is 4.98 Å². The minimum Gasteiger partial charge on any atom is -0.344 e. The Hall–Kier alpha value is -0.610. The molecular formula is C15H27N3S. The van der Waals surface area contributed by atoms with Gasteiger partial charge in [-0.05, 0) is 45.6 Å². The van der Waals surface area contributed by atoms with Crippen LogP contribution < -0.4 is 10.2 Å². The van der Waals surface area contributed by atoms with Crippen molar-refractivity contribution in [2.75, 3.05) is 24.5 Å². The van der Waals surface area contributed by atoms with Gasteiger partial charge in [0.05, 0.1) is 5.69 Å². The maximum atomic E-state index is 4.74. The largest absolute Gasteiger partial charge is 0.344 e. The third-order valence-corrected chi connectivity index (χ3v) is 4.93. The van der Waals surface area contributed by atoms with Gasteiger partial charge >= 0.3 is 0 Å². The normalized spacial score (nSPS) is 20.3. The number of thiazole rings is 1. The van der Waals surface area contributed by atoms with Gasteiger partial charge in [-0.2, -0.15) is 0 Å². The molecule has 1 fully saturated rings. The first-order chi connectivity index (χ1) is 9.08. The second-order valence-corrected chi connectivity index (χ2v) is 7.21. The average molecular weight is 281 g/mol. The Kier molecular flexibility index (Phi) is 5.22. The van der Waals surface area contributed by atoms with Crippen LogP contribution in [0.3, 0.4) is 0 Å². The summed E-state index contributed by atoms with van der Waals surface area (Å²) in [6, 6.07) is 0.623. The summed E-state index contributed by atoms with van der Waals surface area (Å²) < 4.78 is 0. The van der Waals surface area contributed by atoms with Crippen molar-refractivity contribution in [1.82, 2.24) is 10.3 Å². The summed E-state index contributed by atoms with van der Waals surface area (Å²) >= 11 is 1.85. The third kappa shape index (κ3) is 3.93. The van der Waals surface area contributed by atoms with Gasteiger partial charge in [-0.1, -0.05) is 13.8 Å². The maximum absolute atomic E-state index is 4.74. The fraction of sp³-hybridized carbons (Fsp3) is 0.800. The number of nitrogens with one attached hydrogen (secondary N) is 1. The van der Waals surface area contributed by atoms with E-state index in [1.807, 2.05) is 11.3 Å². The standard InChI is InChI=1S/C15H27N3S/c1-11(2)9-16-10-14-7-5-6-8-18(14)15-17-12(3)13(4)19-15/h11,14,16H,5-10H2,1-4H3. The van der Waals surface area contributed by atoms with Crippen LogP contribution in [0.15, 0.2) is 0 Å². The highest BCUT2D eigenvalue weighted by Crippen LogP contribution is 2.30. The molecule has 0 bridgehead atoms. The molecule has 0 aromatic carbocycles. The first-order valence-corrected chi connectivity index (χ1v) is 8.31. The SMILES string of the molecule is Cc1nc(N2CCCCC2CNCC(C)C)sc1C. The lowest BCUT2D eigenvalue weighted by Gasteiger charge is -2.36.